The first-order valence-electron chi connectivity index (χ1n) is 6.70. The van der Waals surface area contributed by atoms with Crippen LogP contribution < -0.4 is 0 Å². The van der Waals surface area contributed by atoms with Crippen molar-refractivity contribution in [1.82, 2.24) is 0 Å². The first kappa shape index (κ1) is 14.0. The Morgan fingerprint density at radius 3 is 2.45 bits per heavy atom. The van der Waals surface area contributed by atoms with E-state index in [1.165, 1.54) is 0 Å². The fourth-order valence-corrected chi connectivity index (χ4v) is 3.73. The fourth-order valence-electron chi connectivity index (χ4n) is 2.66. The molecular weight excluding hydrogens is 280 g/mol. The normalized spacial score (nSPS) is 33.3. The van der Waals surface area contributed by atoms with Gasteiger partial charge in [-0.3, -0.25) is 4.18 Å². The second-order valence-corrected chi connectivity index (χ2v) is 7.05. The third kappa shape index (κ3) is 2.48. The Balaban J connectivity index is 1.76. The number of hydrogen-bond donors (Lipinski definition) is 0. The van der Waals surface area contributed by atoms with Crippen molar-refractivity contribution >= 4 is 10.1 Å². The minimum absolute atomic E-state index is 0.0618. The molecule has 2 fully saturated rings. The average Bonchev–Trinajstić information content (AvgIpc) is 2.95. The van der Waals surface area contributed by atoms with Crippen molar-refractivity contribution in [2.24, 2.45) is 5.92 Å². The van der Waals surface area contributed by atoms with Crippen molar-refractivity contribution in [3.05, 3.63) is 29.8 Å². The molecule has 110 valence electrons. The number of rotatable bonds is 3. The molecule has 5 nitrogen and oxygen atoms in total. The Kier molecular flexibility index (Phi) is 3.58. The third-order valence-corrected chi connectivity index (χ3v) is 5.17. The summed E-state index contributed by atoms with van der Waals surface area (Å²) >= 11 is 0. The molecule has 0 spiro atoms. The largest absolute Gasteiger partial charge is 0.372 e. The summed E-state index contributed by atoms with van der Waals surface area (Å²) in [6.07, 6.45) is -0.908. The number of benzene rings is 1. The zero-order chi connectivity index (χ0) is 14.3. The van der Waals surface area contributed by atoms with Crippen LogP contribution in [0.1, 0.15) is 12.5 Å². The van der Waals surface area contributed by atoms with Crippen LogP contribution in [0.3, 0.4) is 0 Å². The zero-order valence-corrected chi connectivity index (χ0v) is 12.3. The SMILES string of the molecule is Cc1ccc(S(=O)(=O)O[C@@H]2CO[C@H]3[C@H]2OC[C@H]3C)cc1. The third-order valence-electron chi connectivity index (χ3n) is 3.82. The molecule has 4 atom stereocenters. The number of hydrogen-bond acceptors (Lipinski definition) is 5. The predicted molar refractivity (Wildman–Crippen MR) is 71.9 cm³/mol. The van der Waals surface area contributed by atoms with Crippen molar-refractivity contribution in [3.63, 3.8) is 0 Å². The van der Waals surface area contributed by atoms with Crippen molar-refractivity contribution in [2.75, 3.05) is 13.2 Å². The van der Waals surface area contributed by atoms with Crippen LogP contribution in [0, 0.1) is 12.8 Å². The molecule has 0 unspecified atom stereocenters. The van der Waals surface area contributed by atoms with Gasteiger partial charge in [0.25, 0.3) is 10.1 Å². The van der Waals surface area contributed by atoms with E-state index in [0.29, 0.717) is 6.61 Å². The van der Waals surface area contributed by atoms with E-state index in [1.807, 2.05) is 13.8 Å². The maximum absolute atomic E-state index is 12.2. The Hall–Kier alpha value is -0.950. The molecule has 1 aromatic rings. The van der Waals surface area contributed by atoms with E-state index in [9.17, 15) is 8.42 Å². The van der Waals surface area contributed by atoms with Crippen molar-refractivity contribution in [1.29, 1.82) is 0 Å². The Morgan fingerprint density at radius 2 is 1.75 bits per heavy atom. The van der Waals surface area contributed by atoms with Crippen LogP contribution in [0.5, 0.6) is 0 Å². The Bertz CT molecular complexity index is 580. The van der Waals surface area contributed by atoms with Gasteiger partial charge in [0.2, 0.25) is 0 Å². The van der Waals surface area contributed by atoms with Crippen LogP contribution in [0.25, 0.3) is 0 Å². The standard InChI is InChI=1S/C14H18O5S/c1-9-3-5-11(6-4-9)20(15,16)19-12-8-18-13-10(2)7-17-14(12)13/h3-6,10,12-14H,7-8H2,1-2H3/t10-,12-,13-,14+/m1/s1. The molecule has 0 radical (unpaired) electrons. The van der Waals surface area contributed by atoms with Crippen molar-refractivity contribution < 1.29 is 22.1 Å². The lowest BCUT2D eigenvalue weighted by atomic mass is 10.0. The summed E-state index contributed by atoms with van der Waals surface area (Å²) in [6.45, 7) is 4.77. The number of fused-ring (bicyclic) bond motifs is 1. The molecule has 2 aliphatic heterocycles. The molecule has 6 heteroatoms. The van der Waals surface area contributed by atoms with Crippen molar-refractivity contribution in [3.8, 4) is 0 Å². The van der Waals surface area contributed by atoms with E-state index in [4.69, 9.17) is 13.7 Å². The van der Waals surface area contributed by atoms with Gasteiger partial charge in [-0.1, -0.05) is 24.6 Å². The minimum Gasteiger partial charge on any atom is -0.372 e. The van der Waals surface area contributed by atoms with Gasteiger partial charge < -0.3 is 9.47 Å². The maximum atomic E-state index is 12.2. The van der Waals surface area contributed by atoms with Gasteiger partial charge in [-0.05, 0) is 19.1 Å². The maximum Gasteiger partial charge on any atom is 0.297 e. The van der Waals surface area contributed by atoms with Gasteiger partial charge in [0.15, 0.2) is 0 Å². The van der Waals surface area contributed by atoms with Crippen LogP contribution in [0.15, 0.2) is 29.2 Å². The lowest BCUT2D eigenvalue weighted by molar-refractivity contribution is 0.0328. The van der Waals surface area contributed by atoms with E-state index in [2.05, 4.69) is 0 Å². The van der Waals surface area contributed by atoms with Gasteiger partial charge in [0, 0.05) is 5.92 Å². The fraction of sp³-hybridized carbons (Fsp3) is 0.571. The Labute approximate surface area is 119 Å². The second-order valence-electron chi connectivity index (χ2n) is 5.48. The zero-order valence-electron chi connectivity index (χ0n) is 11.5. The van der Waals surface area contributed by atoms with Gasteiger partial charge in [-0.2, -0.15) is 8.42 Å². The van der Waals surface area contributed by atoms with E-state index in [-0.39, 0.29) is 29.6 Å². The molecular formula is C14H18O5S. The van der Waals surface area contributed by atoms with Crippen LogP contribution in [-0.4, -0.2) is 39.9 Å². The van der Waals surface area contributed by atoms with Crippen LogP contribution in [-0.2, 0) is 23.8 Å². The molecule has 0 saturated carbocycles. The molecule has 2 saturated heterocycles. The lowest BCUT2D eigenvalue weighted by Gasteiger charge is -2.16. The van der Waals surface area contributed by atoms with Crippen LogP contribution >= 0.6 is 0 Å². The molecule has 1 aromatic carbocycles. The van der Waals surface area contributed by atoms with Gasteiger partial charge in [0.05, 0.1) is 24.2 Å². The minimum atomic E-state index is -3.78. The summed E-state index contributed by atoms with van der Waals surface area (Å²) in [5, 5.41) is 0. The van der Waals surface area contributed by atoms with Crippen LogP contribution in [0.4, 0.5) is 0 Å². The molecule has 0 amide bonds. The smallest absolute Gasteiger partial charge is 0.297 e. The highest BCUT2D eigenvalue weighted by atomic mass is 32.2. The van der Waals surface area contributed by atoms with E-state index >= 15 is 0 Å². The molecule has 3 rings (SSSR count). The molecule has 2 heterocycles. The van der Waals surface area contributed by atoms with Gasteiger partial charge >= 0.3 is 0 Å². The molecule has 20 heavy (non-hydrogen) atoms. The summed E-state index contributed by atoms with van der Waals surface area (Å²) in [5.74, 6) is 0.274. The quantitative estimate of drug-likeness (QED) is 0.791. The first-order valence-corrected chi connectivity index (χ1v) is 8.11. The van der Waals surface area contributed by atoms with Gasteiger partial charge in [0.1, 0.15) is 12.2 Å². The lowest BCUT2D eigenvalue weighted by Crippen LogP contribution is -2.32. The monoisotopic (exact) mass is 298 g/mol. The second kappa shape index (κ2) is 5.11. The summed E-state index contributed by atoms with van der Waals surface area (Å²) in [7, 11) is -3.78. The van der Waals surface area contributed by atoms with E-state index < -0.39 is 16.2 Å². The molecule has 2 aliphatic rings. The highest BCUT2D eigenvalue weighted by molar-refractivity contribution is 7.86. The van der Waals surface area contributed by atoms with Crippen molar-refractivity contribution in [2.45, 2.75) is 37.1 Å². The summed E-state index contributed by atoms with van der Waals surface area (Å²) in [6, 6.07) is 6.60. The topological polar surface area (TPSA) is 61.8 Å². The molecule has 0 bridgehead atoms. The molecule has 0 N–H and O–H groups in total. The van der Waals surface area contributed by atoms with Gasteiger partial charge in [-0.25, -0.2) is 0 Å². The first-order chi connectivity index (χ1) is 9.47. The Morgan fingerprint density at radius 1 is 1.10 bits per heavy atom. The van der Waals surface area contributed by atoms with E-state index in [1.54, 1.807) is 24.3 Å². The average molecular weight is 298 g/mol. The molecule has 0 aromatic heterocycles. The predicted octanol–water partition coefficient (Wildman–Crippen LogP) is 1.50. The highest BCUT2D eigenvalue weighted by Crippen LogP contribution is 2.33. The van der Waals surface area contributed by atoms with E-state index in [0.717, 1.165) is 5.56 Å². The van der Waals surface area contributed by atoms with Gasteiger partial charge in [-0.15, -0.1) is 0 Å². The summed E-state index contributed by atoms with van der Waals surface area (Å²) < 4.78 is 41.0. The summed E-state index contributed by atoms with van der Waals surface area (Å²) in [5.41, 5.74) is 1.00. The summed E-state index contributed by atoms with van der Waals surface area (Å²) in [4.78, 5) is 0.164. The van der Waals surface area contributed by atoms with Crippen LogP contribution in [0.2, 0.25) is 0 Å². The number of ether oxygens (including phenoxy) is 2. The number of aryl methyl sites for hydroxylation is 1. The highest BCUT2D eigenvalue weighted by Gasteiger charge is 2.48. The molecule has 0 aliphatic carbocycles.